The summed E-state index contributed by atoms with van der Waals surface area (Å²) in [5.41, 5.74) is 0.239. The van der Waals surface area contributed by atoms with E-state index in [-0.39, 0.29) is 17.9 Å². The molecule has 6 heteroatoms. The van der Waals surface area contributed by atoms with E-state index >= 15 is 0 Å². The first kappa shape index (κ1) is 18.4. The van der Waals surface area contributed by atoms with Crippen LogP contribution in [-0.4, -0.2) is 31.7 Å². The topological polar surface area (TPSA) is 64.6 Å². The molecule has 0 saturated carbocycles. The van der Waals surface area contributed by atoms with Crippen molar-refractivity contribution in [3.05, 3.63) is 29.2 Å². The van der Waals surface area contributed by atoms with Crippen LogP contribution in [0, 0.1) is 0 Å². The summed E-state index contributed by atoms with van der Waals surface area (Å²) in [5.74, 6) is -0.781. The molecule has 1 rings (SSSR count). The third-order valence-electron chi connectivity index (χ3n) is 2.95. The fourth-order valence-electron chi connectivity index (χ4n) is 1.62. The van der Waals surface area contributed by atoms with Gasteiger partial charge < -0.3 is 14.8 Å². The monoisotopic (exact) mass is 325 g/mol. The van der Waals surface area contributed by atoms with Gasteiger partial charge in [-0.05, 0) is 18.4 Å². The van der Waals surface area contributed by atoms with Gasteiger partial charge in [0.15, 0.2) is 0 Å². The van der Waals surface area contributed by atoms with Crippen molar-refractivity contribution in [1.82, 2.24) is 0 Å². The molecule has 0 fully saturated rings. The normalized spacial score (nSPS) is 12.6. The zero-order valence-electron chi connectivity index (χ0n) is 13.7. The summed E-state index contributed by atoms with van der Waals surface area (Å²) >= 11 is 1.37. The highest BCUT2D eigenvalue weighted by Crippen LogP contribution is 2.36. The lowest BCUT2D eigenvalue weighted by Gasteiger charge is -2.15. The average molecular weight is 325 g/mol. The second-order valence-electron chi connectivity index (χ2n) is 5.85. The van der Waals surface area contributed by atoms with Crippen molar-refractivity contribution < 1.29 is 19.1 Å². The molecule has 0 aromatic carbocycles. The first-order valence-corrected chi connectivity index (χ1v) is 7.78. The number of ether oxygens (including phenoxy) is 2. The molecule has 0 bridgehead atoms. The van der Waals surface area contributed by atoms with Crippen LogP contribution in [0.3, 0.4) is 0 Å². The third kappa shape index (κ3) is 4.68. The molecule has 0 radical (unpaired) electrons. The minimum absolute atomic E-state index is 0.124. The number of carbonyl (C=O) groups excluding carboxylic acids is 2. The molecule has 1 aromatic rings. The molecule has 1 amide bonds. The van der Waals surface area contributed by atoms with Crippen LogP contribution >= 0.6 is 11.3 Å². The Morgan fingerprint density at radius 2 is 2.09 bits per heavy atom. The summed E-state index contributed by atoms with van der Waals surface area (Å²) in [6.45, 7) is 11.6. The first-order valence-electron chi connectivity index (χ1n) is 6.96. The Morgan fingerprint density at radius 3 is 2.59 bits per heavy atom. The Kier molecular flexibility index (Phi) is 6.32. The highest BCUT2D eigenvalue weighted by Gasteiger charge is 2.25. The number of methoxy groups -OCH3 is 1. The molecule has 1 unspecified atom stereocenters. The molecular formula is C16H23NO4S. The third-order valence-corrected chi connectivity index (χ3v) is 4.42. The number of hydrogen-bond acceptors (Lipinski definition) is 5. The summed E-state index contributed by atoms with van der Waals surface area (Å²) in [6.07, 6.45) is 0.940. The smallest absolute Gasteiger partial charge is 0.340 e. The van der Waals surface area contributed by atoms with Crippen molar-refractivity contribution in [2.24, 2.45) is 0 Å². The number of nitrogens with one attached hydrogen (secondary N) is 1. The van der Waals surface area contributed by atoms with Crippen molar-refractivity contribution in [3.63, 3.8) is 0 Å². The fourth-order valence-corrected chi connectivity index (χ4v) is 2.72. The van der Waals surface area contributed by atoms with Gasteiger partial charge in [0.1, 0.15) is 11.1 Å². The molecule has 0 aliphatic carbocycles. The number of thiophene rings is 1. The van der Waals surface area contributed by atoms with Crippen molar-refractivity contribution in [2.45, 2.75) is 39.2 Å². The van der Waals surface area contributed by atoms with E-state index in [4.69, 9.17) is 9.47 Å². The lowest BCUT2D eigenvalue weighted by Crippen LogP contribution is -2.28. The van der Waals surface area contributed by atoms with Crippen LogP contribution in [0.1, 0.15) is 42.9 Å². The van der Waals surface area contributed by atoms with Gasteiger partial charge in [-0.2, -0.15) is 0 Å². The van der Waals surface area contributed by atoms with Crippen LogP contribution in [0.25, 0.3) is 0 Å². The lowest BCUT2D eigenvalue weighted by atomic mass is 9.94. The standard InChI is InChI=1S/C16H23NO4S/c1-7-8-21-10(2)13(18)17-14-11(15(19)20-6)9-12(22-14)16(3,4)5/h7,9-10H,1,8H2,2-6H3,(H,17,18). The molecule has 5 nitrogen and oxygen atoms in total. The van der Waals surface area contributed by atoms with E-state index in [0.29, 0.717) is 10.6 Å². The van der Waals surface area contributed by atoms with E-state index < -0.39 is 12.1 Å². The Bertz CT molecular complexity index is 557. The van der Waals surface area contributed by atoms with Gasteiger partial charge in [0.2, 0.25) is 0 Å². The first-order chi connectivity index (χ1) is 10.2. The predicted molar refractivity (Wildman–Crippen MR) is 88.6 cm³/mol. The van der Waals surface area contributed by atoms with Gasteiger partial charge in [-0.25, -0.2) is 4.79 Å². The van der Waals surface area contributed by atoms with Crippen molar-refractivity contribution in [1.29, 1.82) is 0 Å². The lowest BCUT2D eigenvalue weighted by molar-refractivity contribution is -0.125. The highest BCUT2D eigenvalue weighted by molar-refractivity contribution is 7.16. The largest absolute Gasteiger partial charge is 0.465 e. The van der Waals surface area contributed by atoms with Gasteiger partial charge in [-0.3, -0.25) is 4.79 Å². The Balaban J connectivity index is 3.01. The maximum atomic E-state index is 12.1. The molecule has 0 aliphatic rings. The molecule has 1 atom stereocenters. The minimum atomic E-state index is -0.635. The van der Waals surface area contributed by atoms with Crippen molar-refractivity contribution in [3.8, 4) is 0 Å². The van der Waals surface area contributed by atoms with Crippen LogP contribution < -0.4 is 5.32 Å². The van der Waals surface area contributed by atoms with Gasteiger partial charge in [0.25, 0.3) is 5.91 Å². The van der Waals surface area contributed by atoms with E-state index in [0.717, 1.165) is 4.88 Å². The molecule has 0 saturated heterocycles. The van der Waals surface area contributed by atoms with Crippen LogP contribution in [-0.2, 0) is 19.7 Å². The fraction of sp³-hybridized carbons (Fsp3) is 0.500. The molecular weight excluding hydrogens is 302 g/mol. The number of anilines is 1. The maximum Gasteiger partial charge on any atom is 0.340 e. The number of amides is 1. The van der Waals surface area contributed by atoms with Crippen LogP contribution in [0.5, 0.6) is 0 Å². The predicted octanol–water partition coefficient (Wildman–Crippen LogP) is 3.36. The number of esters is 1. The Labute approximate surface area is 135 Å². The zero-order valence-corrected chi connectivity index (χ0v) is 14.5. The second-order valence-corrected chi connectivity index (χ2v) is 6.90. The average Bonchev–Trinajstić information content (AvgIpc) is 2.87. The second kappa shape index (κ2) is 7.56. The van der Waals surface area contributed by atoms with E-state index in [2.05, 4.69) is 11.9 Å². The zero-order chi connectivity index (χ0) is 16.9. The summed E-state index contributed by atoms with van der Waals surface area (Å²) in [5, 5.41) is 3.23. The molecule has 1 heterocycles. The van der Waals surface area contributed by atoms with Crippen LogP contribution in [0.15, 0.2) is 18.7 Å². The summed E-state index contributed by atoms with van der Waals surface area (Å²) in [6, 6.07) is 1.77. The highest BCUT2D eigenvalue weighted by atomic mass is 32.1. The van der Waals surface area contributed by atoms with Crippen LogP contribution in [0.4, 0.5) is 5.00 Å². The van der Waals surface area contributed by atoms with E-state index in [1.165, 1.54) is 18.4 Å². The molecule has 1 aromatic heterocycles. The quantitative estimate of drug-likeness (QED) is 0.643. The van der Waals surface area contributed by atoms with E-state index in [9.17, 15) is 9.59 Å². The number of carbonyl (C=O) groups is 2. The molecule has 1 N–H and O–H groups in total. The van der Waals surface area contributed by atoms with Crippen molar-refractivity contribution in [2.75, 3.05) is 19.0 Å². The summed E-state index contributed by atoms with van der Waals surface area (Å²) in [7, 11) is 1.32. The van der Waals surface area contributed by atoms with Gasteiger partial charge >= 0.3 is 5.97 Å². The SMILES string of the molecule is C=CCOC(C)C(=O)Nc1sc(C(C)(C)C)cc1C(=O)OC. The van der Waals surface area contributed by atoms with Gasteiger partial charge in [0.05, 0.1) is 19.3 Å². The number of rotatable bonds is 6. The van der Waals surface area contributed by atoms with Gasteiger partial charge in [-0.1, -0.05) is 26.8 Å². The van der Waals surface area contributed by atoms with Gasteiger partial charge in [-0.15, -0.1) is 17.9 Å². The molecule has 22 heavy (non-hydrogen) atoms. The van der Waals surface area contributed by atoms with E-state index in [1.807, 2.05) is 20.8 Å². The summed E-state index contributed by atoms with van der Waals surface area (Å²) < 4.78 is 10.1. The van der Waals surface area contributed by atoms with E-state index in [1.54, 1.807) is 19.1 Å². The Morgan fingerprint density at radius 1 is 1.45 bits per heavy atom. The molecule has 0 aliphatic heterocycles. The van der Waals surface area contributed by atoms with Crippen LogP contribution in [0.2, 0.25) is 0 Å². The molecule has 122 valence electrons. The van der Waals surface area contributed by atoms with Crippen molar-refractivity contribution >= 4 is 28.2 Å². The van der Waals surface area contributed by atoms with Gasteiger partial charge in [0, 0.05) is 4.88 Å². The summed E-state index contributed by atoms with van der Waals surface area (Å²) in [4.78, 5) is 25.0. The minimum Gasteiger partial charge on any atom is -0.465 e. The number of hydrogen-bond donors (Lipinski definition) is 1. The maximum absolute atomic E-state index is 12.1. The molecule has 0 spiro atoms. The Hall–Kier alpha value is -1.66.